The van der Waals surface area contributed by atoms with E-state index in [-0.39, 0.29) is 24.0 Å². The van der Waals surface area contributed by atoms with Crippen molar-refractivity contribution >= 4 is 11.5 Å². The summed E-state index contributed by atoms with van der Waals surface area (Å²) in [6.07, 6.45) is 2.77. The fraction of sp³-hybridized carbons (Fsp3) is 0.292. The van der Waals surface area contributed by atoms with Crippen molar-refractivity contribution in [3.05, 3.63) is 89.0 Å². The Bertz CT molecular complexity index is 865. The molecule has 1 saturated heterocycles. The Hall–Kier alpha value is -2.79. The minimum absolute atomic E-state index is 0.00757. The molecule has 5 heteroatoms. The van der Waals surface area contributed by atoms with E-state index in [9.17, 15) is 18.7 Å². The molecular weight excluding hydrogens is 374 g/mol. The van der Waals surface area contributed by atoms with Gasteiger partial charge in [0, 0.05) is 6.42 Å². The molecule has 2 aromatic carbocycles. The Kier molecular flexibility index (Phi) is 6.60. The summed E-state index contributed by atoms with van der Waals surface area (Å²) in [5.74, 6) is -1.01. The molecule has 0 aromatic heterocycles. The van der Waals surface area contributed by atoms with E-state index in [4.69, 9.17) is 4.74 Å². The summed E-state index contributed by atoms with van der Waals surface area (Å²) in [7, 11) is 0. The van der Waals surface area contributed by atoms with Crippen LogP contribution in [0.5, 0.6) is 0 Å². The van der Waals surface area contributed by atoms with Crippen molar-refractivity contribution in [1.82, 2.24) is 0 Å². The monoisotopic (exact) mass is 398 g/mol. The van der Waals surface area contributed by atoms with Gasteiger partial charge in [0.15, 0.2) is 0 Å². The Morgan fingerprint density at radius 2 is 1.55 bits per heavy atom. The Balaban J connectivity index is 2.08. The van der Waals surface area contributed by atoms with E-state index in [1.54, 1.807) is 30.3 Å². The Morgan fingerprint density at radius 1 is 1.03 bits per heavy atom. The predicted molar refractivity (Wildman–Crippen MR) is 108 cm³/mol. The van der Waals surface area contributed by atoms with E-state index < -0.39 is 18.2 Å². The second kappa shape index (κ2) is 9.14. The van der Waals surface area contributed by atoms with Crippen LogP contribution >= 0.6 is 0 Å². The standard InChI is InChI=1S/C24H24F2O3/c1-15(2)22(12-11-21-13-20(27)14-23(28)29-21)24(16-3-7-18(25)8-4-16)17-5-9-19(26)10-6-17/h3-12,15,20-21,27H,13-14H2,1-2H3. The molecule has 1 fully saturated rings. The highest BCUT2D eigenvalue weighted by Gasteiger charge is 2.25. The van der Waals surface area contributed by atoms with Gasteiger partial charge < -0.3 is 9.84 Å². The molecule has 1 heterocycles. The maximum atomic E-state index is 13.5. The zero-order valence-corrected chi connectivity index (χ0v) is 16.4. The minimum Gasteiger partial charge on any atom is -0.458 e. The van der Waals surface area contributed by atoms with Crippen molar-refractivity contribution in [3.63, 3.8) is 0 Å². The lowest BCUT2D eigenvalue weighted by atomic mass is 9.87. The number of benzene rings is 2. The van der Waals surface area contributed by atoms with Crippen molar-refractivity contribution < 1.29 is 23.4 Å². The van der Waals surface area contributed by atoms with Crippen LogP contribution in [-0.2, 0) is 9.53 Å². The highest BCUT2D eigenvalue weighted by Crippen LogP contribution is 2.32. The largest absolute Gasteiger partial charge is 0.458 e. The third-order valence-electron chi connectivity index (χ3n) is 4.86. The number of carbonyl (C=O) groups is 1. The van der Waals surface area contributed by atoms with Crippen molar-refractivity contribution in [3.8, 4) is 0 Å². The van der Waals surface area contributed by atoms with Gasteiger partial charge in [0.25, 0.3) is 0 Å². The highest BCUT2D eigenvalue weighted by atomic mass is 19.1. The number of allylic oxidation sites excluding steroid dienone is 2. The molecule has 0 spiro atoms. The van der Waals surface area contributed by atoms with Crippen LogP contribution in [0.25, 0.3) is 5.57 Å². The number of hydrogen-bond donors (Lipinski definition) is 1. The second-order valence-electron chi connectivity index (χ2n) is 7.48. The van der Waals surface area contributed by atoms with Gasteiger partial charge in [0.05, 0.1) is 12.5 Å². The summed E-state index contributed by atoms with van der Waals surface area (Å²) in [6, 6.07) is 12.3. The number of carbonyl (C=O) groups excluding carboxylic acids is 1. The first-order chi connectivity index (χ1) is 13.8. The molecule has 0 bridgehead atoms. The number of aliphatic hydroxyl groups is 1. The van der Waals surface area contributed by atoms with Crippen molar-refractivity contribution in [2.75, 3.05) is 0 Å². The number of aliphatic hydroxyl groups excluding tert-OH is 1. The molecule has 0 amide bonds. The first-order valence-electron chi connectivity index (χ1n) is 9.65. The van der Waals surface area contributed by atoms with E-state index in [1.165, 1.54) is 24.3 Å². The van der Waals surface area contributed by atoms with Gasteiger partial charge in [0.2, 0.25) is 0 Å². The minimum atomic E-state index is -0.717. The lowest BCUT2D eigenvalue weighted by Crippen LogP contribution is -2.31. The predicted octanol–water partition coefficient (Wildman–Crippen LogP) is 5.05. The molecule has 3 nitrogen and oxygen atoms in total. The lowest BCUT2D eigenvalue weighted by molar-refractivity contribution is -0.156. The Labute approximate surface area is 169 Å². The van der Waals surface area contributed by atoms with E-state index in [1.807, 2.05) is 19.9 Å². The van der Waals surface area contributed by atoms with Crippen LogP contribution in [0.2, 0.25) is 0 Å². The smallest absolute Gasteiger partial charge is 0.309 e. The Morgan fingerprint density at radius 3 is 2.00 bits per heavy atom. The quantitative estimate of drug-likeness (QED) is 0.567. The van der Waals surface area contributed by atoms with Gasteiger partial charge in [-0.25, -0.2) is 8.78 Å². The lowest BCUT2D eigenvalue weighted by Gasteiger charge is -2.24. The van der Waals surface area contributed by atoms with E-state index in [2.05, 4.69) is 0 Å². The first kappa shape index (κ1) is 20.9. The van der Waals surface area contributed by atoms with Crippen LogP contribution in [0.4, 0.5) is 8.78 Å². The fourth-order valence-electron chi connectivity index (χ4n) is 3.44. The summed E-state index contributed by atoms with van der Waals surface area (Å²) < 4.78 is 32.3. The average Bonchev–Trinajstić information content (AvgIpc) is 2.66. The topological polar surface area (TPSA) is 46.5 Å². The number of hydrogen-bond acceptors (Lipinski definition) is 3. The summed E-state index contributed by atoms with van der Waals surface area (Å²) in [5.41, 5.74) is 3.37. The van der Waals surface area contributed by atoms with Crippen molar-refractivity contribution in [1.29, 1.82) is 0 Å². The van der Waals surface area contributed by atoms with Gasteiger partial charge in [-0.15, -0.1) is 0 Å². The van der Waals surface area contributed by atoms with Crippen molar-refractivity contribution in [2.24, 2.45) is 5.92 Å². The summed E-state index contributed by atoms with van der Waals surface area (Å²) >= 11 is 0. The van der Waals surface area contributed by atoms with Crippen LogP contribution < -0.4 is 0 Å². The molecule has 2 atom stereocenters. The molecule has 1 aliphatic rings. The molecule has 29 heavy (non-hydrogen) atoms. The number of ether oxygens (including phenoxy) is 1. The van der Waals surface area contributed by atoms with E-state index in [0.717, 1.165) is 22.3 Å². The molecule has 1 N–H and O–H groups in total. The van der Waals surface area contributed by atoms with Gasteiger partial charge in [-0.3, -0.25) is 4.79 Å². The van der Waals surface area contributed by atoms with Crippen LogP contribution in [0.3, 0.4) is 0 Å². The highest BCUT2D eigenvalue weighted by molar-refractivity contribution is 5.84. The molecule has 0 radical (unpaired) electrons. The van der Waals surface area contributed by atoms with Gasteiger partial charge in [-0.2, -0.15) is 0 Å². The SMILES string of the molecule is CC(C)C(C=CC1CC(O)CC(=O)O1)=C(c1ccc(F)cc1)c1ccc(F)cc1. The molecule has 1 aliphatic heterocycles. The van der Waals surface area contributed by atoms with Gasteiger partial charge in [-0.1, -0.05) is 44.2 Å². The molecular formula is C24H24F2O3. The van der Waals surface area contributed by atoms with Gasteiger partial charge in [-0.05, 0) is 58.5 Å². The zero-order valence-electron chi connectivity index (χ0n) is 16.4. The molecule has 2 aromatic rings. The van der Waals surface area contributed by atoms with Gasteiger partial charge in [0.1, 0.15) is 17.7 Å². The third kappa shape index (κ3) is 5.39. The maximum absolute atomic E-state index is 13.5. The number of rotatable bonds is 5. The molecule has 3 rings (SSSR count). The van der Waals surface area contributed by atoms with Crippen molar-refractivity contribution in [2.45, 2.75) is 38.9 Å². The molecule has 2 unspecified atom stereocenters. The van der Waals surface area contributed by atoms with E-state index >= 15 is 0 Å². The third-order valence-corrected chi connectivity index (χ3v) is 4.86. The van der Waals surface area contributed by atoms with E-state index in [0.29, 0.717) is 6.42 Å². The van der Waals surface area contributed by atoms with Crippen LogP contribution in [0.1, 0.15) is 37.8 Å². The van der Waals surface area contributed by atoms with Crippen LogP contribution in [0, 0.1) is 17.6 Å². The van der Waals surface area contributed by atoms with Crippen LogP contribution in [0.15, 0.2) is 66.3 Å². The summed E-state index contributed by atoms with van der Waals surface area (Å²) in [6.45, 7) is 4.04. The number of esters is 1. The van der Waals surface area contributed by atoms with Gasteiger partial charge >= 0.3 is 5.97 Å². The number of halogens is 2. The second-order valence-corrected chi connectivity index (χ2v) is 7.48. The number of cyclic esters (lactones) is 1. The fourth-order valence-corrected chi connectivity index (χ4v) is 3.44. The molecule has 152 valence electrons. The molecule has 0 saturated carbocycles. The van der Waals surface area contributed by atoms with Crippen LogP contribution in [-0.4, -0.2) is 23.3 Å². The maximum Gasteiger partial charge on any atom is 0.309 e. The summed E-state index contributed by atoms with van der Waals surface area (Å²) in [4.78, 5) is 11.6. The zero-order chi connectivity index (χ0) is 21.0. The molecule has 0 aliphatic carbocycles. The average molecular weight is 398 g/mol. The summed E-state index contributed by atoms with van der Waals surface area (Å²) in [5, 5.41) is 9.82. The normalized spacial score (nSPS) is 19.4. The first-order valence-corrected chi connectivity index (χ1v) is 9.65.